The van der Waals surface area contributed by atoms with Crippen LogP contribution in [0, 0.1) is 13.8 Å². The molecule has 2 aromatic rings. The molecule has 154 valence electrons. The summed E-state index contributed by atoms with van der Waals surface area (Å²) < 4.78 is 5.54. The molecule has 0 saturated carbocycles. The van der Waals surface area contributed by atoms with Gasteiger partial charge in [0.05, 0.1) is 22.3 Å². The first-order valence-corrected chi connectivity index (χ1v) is 10.7. The second-order valence-corrected chi connectivity index (χ2v) is 8.24. The molecule has 6 nitrogen and oxygen atoms in total. The summed E-state index contributed by atoms with van der Waals surface area (Å²) in [4.78, 5) is 10.2. The SMILES string of the molecule is CCNC(=NCC(O)COc1cccc(Cl)c1Cl)NCCc1nc(C)c(C)s1. The topological polar surface area (TPSA) is 78.8 Å². The van der Waals surface area contributed by atoms with Crippen LogP contribution >= 0.6 is 34.5 Å². The molecule has 9 heteroatoms. The van der Waals surface area contributed by atoms with E-state index in [-0.39, 0.29) is 13.2 Å². The van der Waals surface area contributed by atoms with Crippen LogP contribution in [-0.2, 0) is 6.42 Å². The summed E-state index contributed by atoms with van der Waals surface area (Å²) >= 11 is 13.7. The van der Waals surface area contributed by atoms with Gasteiger partial charge in [-0.2, -0.15) is 0 Å². The van der Waals surface area contributed by atoms with Gasteiger partial charge in [-0.3, -0.25) is 4.99 Å². The van der Waals surface area contributed by atoms with E-state index in [4.69, 9.17) is 27.9 Å². The van der Waals surface area contributed by atoms with E-state index in [0.29, 0.717) is 28.3 Å². The predicted molar refractivity (Wildman–Crippen MR) is 117 cm³/mol. The number of aliphatic hydroxyl groups excluding tert-OH is 1. The average Bonchev–Trinajstić information content (AvgIpc) is 2.98. The van der Waals surface area contributed by atoms with E-state index in [1.54, 1.807) is 29.5 Å². The fourth-order valence-electron chi connectivity index (χ4n) is 2.31. The third kappa shape index (κ3) is 7.13. The summed E-state index contributed by atoms with van der Waals surface area (Å²) in [5, 5.41) is 18.4. The molecule has 0 fully saturated rings. The number of nitrogens with zero attached hydrogens (tertiary/aromatic N) is 2. The minimum Gasteiger partial charge on any atom is -0.489 e. The van der Waals surface area contributed by atoms with Crippen molar-refractivity contribution in [2.75, 3.05) is 26.2 Å². The third-order valence-electron chi connectivity index (χ3n) is 3.86. The summed E-state index contributed by atoms with van der Waals surface area (Å²) in [6.45, 7) is 7.80. The molecule has 3 N–H and O–H groups in total. The third-order valence-corrected chi connectivity index (χ3v) is 5.79. The van der Waals surface area contributed by atoms with Crippen molar-refractivity contribution in [2.45, 2.75) is 33.3 Å². The van der Waals surface area contributed by atoms with Gasteiger partial charge in [0.15, 0.2) is 5.96 Å². The van der Waals surface area contributed by atoms with Crippen LogP contribution in [-0.4, -0.2) is 48.4 Å². The number of rotatable bonds is 9. The second-order valence-electron chi connectivity index (χ2n) is 6.16. The maximum Gasteiger partial charge on any atom is 0.191 e. The monoisotopic (exact) mass is 444 g/mol. The van der Waals surface area contributed by atoms with Gasteiger partial charge in [0.1, 0.15) is 23.5 Å². The molecule has 0 spiro atoms. The van der Waals surface area contributed by atoms with Crippen molar-refractivity contribution in [3.05, 3.63) is 43.8 Å². The summed E-state index contributed by atoms with van der Waals surface area (Å²) in [6.07, 6.45) is 0.0534. The molecule has 0 amide bonds. The standard InChI is InChI=1S/C19H26Cl2N4O2S/c1-4-22-19(23-9-8-17-25-12(2)13(3)28-17)24-10-14(26)11-27-16-7-5-6-15(20)18(16)21/h5-7,14,26H,4,8-11H2,1-3H3,(H2,22,23,24). The fourth-order valence-corrected chi connectivity index (χ4v) is 3.59. The van der Waals surface area contributed by atoms with Crippen LogP contribution in [0.4, 0.5) is 0 Å². The largest absolute Gasteiger partial charge is 0.489 e. The number of halogens is 2. The van der Waals surface area contributed by atoms with E-state index in [1.165, 1.54) is 4.88 Å². The number of nitrogens with one attached hydrogen (secondary N) is 2. The quantitative estimate of drug-likeness (QED) is 0.406. The predicted octanol–water partition coefficient (Wildman–Crippen LogP) is 3.60. The van der Waals surface area contributed by atoms with Gasteiger partial charge in [0, 0.05) is 24.4 Å². The van der Waals surface area contributed by atoms with Crippen LogP contribution in [0.25, 0.3) is 0 Å². The fraction of sp³-hybridized carbons (Fsp3) is 0.474. The summed E-state index contributed by atoms with van der Waals surface area (Å²) in [6, 6.07) is 5.13. The number of benzene rings is 1. The lowest BCUT2D eigenvalue weighted by molar-refractivity contribution is 0.114. The molecule has 28 heavy (non-hydrogen) atoms. The van der Waals surface area contributed by atoms with Crippen LogP contribution in [0.1, 0.15) is 22.5 Å². The Morgan fingerprint density at radius 2 is 2.11 bits per heavy atom. The van der Waals surface area contributed by atoms with Crippen molar-refractivity contribution in [3.8, 4) is 5.75 Å². The molecule has 0 aliphatic carbocycles. The Morgan fingerprint density at radius 1 is 1.32 bits per heavy atom. The van der Waals surface area contributed by atoms with Crippen molar-refractivity contribution >= 4 is 40.5 Å². The number of aliphatic hydroxyl groups is 1. The van der Waals surface area contributed by atoms with E-state index in [1.807, 2.05) is 13.8 Å². The minimum atomic E-state index is -0.769. The number of guanidine groups is 1. The Morgan fingerprint density at radius 3 is 2.79 bits per heavy atom. The van der Waals surface area contributed by atoms with Gasteiger partial charge < -0.3 is 20.5 Å². The van der Waals surface area contributed by atoms with Crippen LogP contribution in [0.5, 0.6) is 5.75 Å². The maximum atomic E-state index is 10.2. The summed E-state index contributed by atoms with van der Waals surface area (Å²) in [5.41, 5.74) is 1.09. The molecule has 0 aliphatic rings. The maximum absolute atomic E-state index is 10.2. The number of hydrogen-bond acceptors (Lipinski definition) is 5. The van der Waals surface area contributed by atoms with Gasteiger partial charge in [0.2, 0.25) is 0 Å². The average molecular weight is 445 g/mol. The molecule has 1 atom stereocenters. The molecule has 2 rings (SSSR count). The number of hydrogen-bond donors (Lipinski definition) is 3. The minimum absolute atomic E-state index is 0.0701. The molecule has 0 saturated heterocycles. The van der Waals surface area contributed by atoms with Crippen molar-refractivity contribution < 1.29 is 9.84 Å². The van der Waals surface area contributed by atoms with E-state index in [9.17, 15) is 5.11 Å². The Kier molecular flexibility index (Phi) is 9.31. The van der Waals surface area contributed by atoms with Gasteiger partial charge in [-0.15, -0.1) is 11.3 Å². The zero-order chi connectivity index (χ0) is 20.5. The molecular weight excluding hydrogens is 419 g/mol. The normalized spacial score (nSPS) is 12.7. The smallest absolute Gasteiger partial charge is 0.191 e. The van der Waals surface area contributed by atoms with Crippen molar-refractivity contribution in [2.24, 2.45) is 4.99 Å². The lowest BCUT2D eigenvalue weighted by atomic mass is 10.3. The lowest BCUT2D eigenvalue weighted by Gasteiger charge is -2.14. The van der Waals surface area contributed by atoms with E-state index >= 15 is 0 Å². The highest BCUT2D eigenvalue weighted by Gasteiger charge is 2.10. The first kappa shape index (κ1) is 22.7. The number of ether oxygens (including phenoxy) is 1. The number of thiazole rings is 1. The van der Waals surface area contributed by atoms with Crippen LogP contribution in [0.15, 0.2) is 23.2 Å². The highest BCUT2D eigenvalue weighted by Crippen LogP contribution is 2.31. The zero-order valence-corrected chi connectivity index (χ0v) is 18.6. The second kappa shape index (κ2) is 11.5. The zero-order valence-electron chi connectivity index (χ0n) is 16.3. The Bertz CT molecular complexity index is 779. The molecule has 0 aliphatic heterocycles. The molecule has 1 heterocycles. The van der Waals surface area contributed by atoms with Crippen LogP contribution < -0.4 is 15.4 Å². The molecule has 0 radical (unpaired) electrons. The molecule has 1 aromatic heterocycles. The van der Waals surface area contributed by atoms with Gasteiger partial charge >= 0.3 is 0 Å². The Balaban J connectivity index is 1.80. The first-order chi connectivity index (χ1) is 13.4. The molecular formula is C19H26Cl2N4O2S. The molecule has 0 bridgehead atoms. The van der Waals surface area contributed by atoms with Crippen molar-refractivity contribution in [1.82, 2.24) is 15.6 Å². The van der Waals surface area contributed by atoms with Gasteiger partial charge in [-0.1, -0.05) is 29.3 Å². The highest BCUT2D eigenvalue weighted by molar-refractivity contribution is 7.11. The van der Waals surface area contributed by atoms with E-state index in [2.05, 4.69) is 27.5 Å². The van der Waals surface area contributed by atoms with Gasteiger partial charge in [-0.25, -0.2) is 4.98 Å². The number of aliphatic imine (C=N–C) groups is 1. The van der Waals surface area contributed by atoms with Crippen LogP contribution in [0.3, 0.4) is 0 Å². The lowest BCUT2D eigenvalue weighted by Crippen LogP contribution is -2.39. The Labute approximate surface area is 180 Å². The molecule has 1 unspecified atom stereocenters. The number of aromatic nitrogens is 1. The Hall–Kier alpha value is -1.54. The van der Waals surface area contributed by atoms with Crippen molar-refractivity contribution in [3.63, 3.8) is 0 Å². The highest BCUT2D eigenvalue weighted by atomic mass is 35.5. The summed E-state index contributed by atoms with van der Waals surface area (Å²) in [7, 11) is 0. The summed E-state index contributed by atoms with van der Waals surface area (Å²) in [5.74, 6) is 1.09. The van der Waals surface area contributed by atoms with E-state index in [0.717, 1.165) is 23.7 Å². The van der Waals surface area contributed by atoms with Gasteiger partial charge in [-0.05, 0) is 32.9 Å². The molecule has 1 aromatic carbocycles. The van der Waals surface area contributed by atoms with Gasteiger partial charge in [0.25, 0.3) is 0 Å². The van der Waals surface area contributed by atoms with Crippen molar-refractivity contribution in [1.29, 1.82) is 0 Å². The van der Waals surface area contributed by atoms with E-state index < -0.39 is 6.10 Å². The number of aryl methyl sites for hydroxylation is 2. The first-order valence-electron chi connectivity index (χ1n) is 9.10. The van der Waals surface area contributed by atoms with Crippen LogP contribution in [0.2, 0.25) is 10.0 Å².